The summed E-state index contributed by atoms with van der Waals surface area (Å²) in [5.41, 5.74) is 3.31. The number of hydrogen-bond donors (Lipinski definition) is 1. The topological polar surface area (TPSA) is 94.3 Å². The van der Waals surface area contributed by atoms with Crippen LogP contribution in [0.15, 0.2) is 60.0 Å². The molecule has 0 aliphatic heterocycles. The number of carbonyl (C=O) groups excluding carboxylic acids is 1. The van der Waals surface area contributed by atoms with Gasteiger partial charge in [-0.05, 0) is 40.8 Å². The highest BCUT2D eigenvalue weighted by Crippen LogP contribution is 2.14. The molecule has 1 amide bonds. The summed E-state index contributed by atoms with van der Waals surface area (Å²) >= 11 is 0. The molecule has 126 valence electrons. The normalized spacial score (nSPS) is 10.8. The van der Waals surface area contributed by atoms with Crippen LogP contribution in [0, 0.1) is 5.82 Å². The summed E-state index contributed by atoms with van der Waals surface area (Å²) in [4.78, 5) is 11.7. The third-order valence-corrected chi connectivity index (χ3v) is 3.12. The molecule has 0 radical (unpaired) electrons. The van der Waals surface area contributed by atoms with Crippen LogP contribution in [0.25, 0.3) is 5.69 Å². The lowest BCUT2D eigenvalue weighted by Gasteiger charge is -2.06. The molecule has 8 nitrogen and oxygen atoms in total. The number of hydrazone groups is 1. The third-order valence-electron chi connectivity index (χ3n) is 3.12. The SMILES string of the molecule is O=C(COc1ccc(-n2cnnn2)cc1)N/N=C\c1ccccc1F. The Kier molecular flexibility index (Phi) is 5.05. The van der Waals surface area contributed by atoms with E-state index in [1.165, 1.54) is 23.3 Å². The van der Waals surface area contributed by atoms with E-state index in [9.17, 15) is 9.18 Å². The minimum absolute atomic E-state index is 0.223. The van der Waals surface area contributed by atoms with Crippen LogP contribution in [-0.4, -0.2) is 38.9 Å². The van der Waals surface area contributed by atoms with Crippen molar-refractivity contribution >= 4 is 12.1 Å². The van der Waals surface area contributed by atoms with Gasteiger partial charge in [-0.2, -0.15) is 5.10 Å². The lowest BCUT2D eigenvalue weighted by molar-refractivity contribution is -0.123. The summed E-state index contributed by atoms with van der Waals surface area (Å²) < 4.78 is 20.2. The van der Waals surface area contributed by atoms with Gasteiger partial charge >= 0.3 is 0 Å². The van der Waals surface area contributed by atoms with E-state index < -0.39 is 11.7 Å². The number of hydrogen-bond acceptors (Lipinski definition) is 6. The standard InChI is InChI=1S/C16H13FN6O2/c17-15-4-2-1-3-12(15)9-18-20-16(24)10-25-14-7-5-13(6-8-14)23-11-19-21-22-23/h1-9,11H,10H2,(H,20,24)/b18-9-. The number of rotatable bonds is 6. The molecule has 3 aromatic rings. The Hall–Kier alpha value is -3.62. The van der Waals surface area contributed by atoms with Crippen LogP contribution in [0.4, 0.5) is 4.39 Å². The Balaban J connectivity index is 1.48. The zero-order valence-corrected chi connectivity index (χ0v) is 12.9. The first-order valence-electron chi connectivity index (χ1n) is 7.25. The van der Waals surface area contributed by atoms with Crippen molar-refractivity contribution in [3.63, 3.8) is 0 Å². The van der Waals surface area contributed by atoms with Gasteiger partial charge in [0.05, 0.1) is 11.9 Å². The van der Waals surface area contributed by atoms with Crippen molar-refractivity contribution in [3.8, 4) is 11.4 Å². The van der Waals surface area contributed by atoms with Crippen molar-refractivity contribution in [1.82, 2.24) is 25.6 Å². The largest absolute Gasteiger partial charge is 0.484 e. The Labute approximate surface area is 141 Å². The van der Waals surface area contributed by atoms with Gasteiger partial charge in [0.2, 0.25) is 0 Å². The predicted octanol–water partition coefficient (Wildman–Crippen LogP) is 1.33. The van der Waals surface area contributed by atoms with Crippen molar-refractivity contribution in [3.05, 3.63) is 66.2 Å². The number of carbonyl (C=O) groups is 1. The summed E-state index contributed by atoms with van der Waals surface area (Å²) in [6, 6.07) is 13.0. The van der Waals surface area contributed by atoms with Crippen molar-refractivity contribution < 1.29 is 13.9 Å². The molecule has 0 fully saturated rings. The van der Waals surface area contributed by atoms with E-state index >= 15 is 0 Å². The van der Waals surface area contributed by atoms with Crippen LogP contribution in [0.2, 0.25) is 0 Å². The number of nitrogens with one attached hydrogen (secondary N) is 1. The fourth-order valence-corrected chi connectivity index (χ4v) is 1.91. The molecule has 0 spiro atoms. The van der Waals surface area contributed by atoms with Gasteiger partial charge in [0.15, 0.2) is 6.61 Å². The van der Waals surface area contributed by atoms with Crippen LogP contribution >= 0.6 is 0 Å². The molecular formula is C16H13FN6O2. The van der Waals surface area contributed by atoms with E-state index in [2.05, 4.69) is 26.1 Å². The molecule has 9 heteroatoms. The number of ether oxygens (including phenoxy) is 1. The van der Waals surface area contributed by atoms with Crippen LogP contribution in [0.5, 0.6) is 5.75 Å². The molecule has 3 rings (SSSR count). The second-order valence-electron chi connectivity index (χ2n) is 4.85. The number of benzene rings is 2. The molecule has 0 aliphatic carbocycles. The van der Waals surface area contributed by atoms with Crippen molar-refractivity contribution in [2.75, 3.05) is 6.61 Å². The second kappa shape index (κ2) is 7.77. The maximum Gasteiger partial charge on any atom is 0.277 e. The zero-order chi connectivity index (χ0) is 17.5. The molecule has 25 heavy (non-hydrogen) atoms. The summed E-state index contributed by atoms with van der Waals surface area (Å²) in [6.45, 7) is -0.223. The Bertz CT molecular complexity index is 865. The summed E-state index contributed by atoms with van der Waals surface area (Å²) in [7, 11) is 0. The first-order valence-corrected chi connectivity index (χ1v) is 7.25. The third kappa shape index (κ3) is 4.44. The quantitative estimate of drug-likeness (QED) is 0.540. The molecule has 0 unspecified atom stereocenters. The maximum atomic E-state index is 13.4. The molecule has 1 heterocycles. The van der Waals surface area contributed by atoms with Gasteiger partial charge in [-0.15, -0.1) is 5.10 Å². The number of nitrogens with zero attached hydrogens (tertiary/aromatic N) is 5. The Morgan fingerprint density at radius 2 is 2.04 bits per heavy atom. The first kappa shape index (κ1) is 16.2. The minimum atomic E-state index is -0.461. The highest BCUT2D eigenvalue weighted by Gasteiger charge is 2.03. The van der Waals surface area contributed by atoms with Gasteiger partial charge < -0.3 is 4.74 Å². The van der Waals surface area contributed by atoms with Crippen LogP contribution < -0.4 is 10.2 Å². The fourth-order valence-electron chi connectivity index (χ4n) is 1.91. The zero-order valence-electron chi connectivity index (χ0n) is 12.9. The average molecular weight is 340 g/mol. The Morgan fingerprint density at radius 3 is 2.76 bits per heavy atom. The number of aromatic nitrogens is 4. The minimum Gasteiger partial charge on any atom is -0.484 e. The molecule has 0 aliphatic rings. The van der Waals surface area contributed by atoms with Crippen LogP contribution in [0.1, 0.15) is 5.56 Å². The van der Waals surface area contributed by atoms with Gasteiger partial charge in [0.25, 0.3) is 5.91 Å². The highest BCUT2D eigenvalue weighted by atomic mass is 19.1. The number of amides is 1. The van der Waals surface area contributed by atoms with E-state index in [0.29, 0.717) is 5.75 Å². The highest BCUT2D eigenvalue weighted by molar-refractivity contribution is 5.83. The molecule has 2 aromatic carbocycles. The smallest absolute Gasteiger partial charge is 0.277 e. The van der Waals surface area contributed by atoms with Gasteiger partial charge in [-0.3, -0.25) is 4.79 Å². The molecular weight excluding hydrogens is 327 g/mol. The van der Waals surface area contributed by atoms with E-state index in [0.717, 1.165) is 5.69 Å². The average Bonchev–Trinajstić information content (AvgIpc) is 3.17. The molecule has 0 atom stereocenters. The number of halogens is 1. The summed E-state index contributed by atoms with van der Waals surface area (Å²) in [6.07, 6.45) is 2.70. The van der Waals surface area contributed by atoms with E-state index in [1.54, 1.807) is 42.5 Å². The number of tetrazole rings is 1. The summed E-state index contributed by atoms with van der Waals surface area (Å²) in [5.74, 6) is -0.373. The summed E-state index contributed by atoms with van der Waals surface area (Å²) in [5, 5.41) is 14.6. The van der Waals surface area contributed by atoms with E-state index in [4.69, 9.17) is 4.74 Å². The first-order chi connectivity index (χ1) is 12.2. The molecule has 1 aromatic heterocycles. The predicted molar refractivity (Wildman–Crippen MR) is 86.8 cm³/mol. The van der Waals surface area contributed by atoms with Gasteiger partial charge in [0.1, 0.15) is 17.9 Å². The lowest BCUT2D eigenvalue weighted by atomic mass is 10.2. The van der Waals surface area contributed by atoms with Crippen molar-refractivity contribution in [1.29, 1.82) is 0 Å². The molecule has 1 N–H and O–H groups in total. The van der Waals surface area contributed by atoms with Gasteiger partial charge in [0, 0.05) is 5.56 Å². The van der Waals surface area contributed by atoms with Crippen molar-refractivity contribution in [2.45, 2.75) is 0 Å². The fraction of sp³-hybridized carbons (Fsp3) is 0.0625. The van der Waals surface area contributed by atoms with E-state index in [-0.39, 0.29) is 12.2 Å². The van der Waals surface area contributed by atoms with Crippen LogP contribution in [-0.2, 0) is 4.79 Å². The maximum absolute atomic E-state index is 13.4. The Morgan fingerprint density at radius 1 is 1.24 bits per heavy atom. The van der Waals surface area contributed by atoms with Crippen molar-refractivity contribution in [2.24, 2.45) is 5.10 Å². The monoisotopic (exact) mass is 340 g/mol. The van der Waals surface area contributed by atoms with Gasteiger partial charge in [-0.1, -0.05) is 18.2 Å². The van der Waals surface area contributed by atoms with Crippen LogP contribution in [0.3, 0.4) is 0 Å². The molecule has 0 saturated carbocycles. The lowest BCUT2D eigenvalue weighted by Crippen LogP contribution is -2.24. The second-order valence-corrected chi connectivity index (χ2v) is 4.85. The van der Waals surface area contributed by atoms with Gasteiger partial charge in [-0.25, -0.2) is 14.5 Å². The molecule has 0 bridgehead atoms. The molecule has 0 saturated heterocycles. The van der Waals surface area contributed by atoms with E-state index in [1.807, 2.05) is 0 Å².